The van der Waals surface area contributed by atoms with E-state index in [2.05, 4.69) is 6.92 Å². The predicted octanol–water partition coefficient (Wildman–Crippen LogP) is 1.25. The van der Waals surface area contributed by atoms with Crippen molar-refractivity contribution in [2.45, 2.75) is 76.5 Å². The zero-order valence-electron chi connectivity index (χ0n) is 16.3. The summed E-state index contributed by atoms with van der Waals surface area (Å²) in [4.78, 5) is 12.6. The molecule has 5 rings (SSSR count). The molecule has 0 aromatic carbocycles. The van der Waals surface area contributed by atoms with Crippen molar-refractivity contribution in [2.24, 2.45) is 34.5 Å². The Kier molecular flexibility index (Phi) is 3.94. The fourth-order valence-electron chi connectivity index (χ4n) is 7.72. The second kappa shape index (κ2) is 5.76. The van der Waals surface area contributed by atoms with Gasteiger partial charge in [-0.15, -0.1) is 0 Å². The molecular formula is C21H32O6. The molecule has 152 valence electrons. The summed E-state index contributed by atoms with van der Waals surface area (Å²) >= 11 is 0. The van der Waals surface area contributed by atoms with E-state index in [9.17, 15) is 20.1 Å². The minimum atomic E-state index is -0.932. The molecule has 7 unspecified atom stereocenters. The van der Waals surface area contributed by atoms with Gasteiger partial charge in [-0.2, -0.15) is 0 Å². The van der Waals surface area contributed by atoms with Crippen LogP contribution in [0.5, 0.6) is 0 Å². The van der Waals surface area contributed by atoms with Gasteiger partial charge in [0.05, 0.1) is 36.9 Å². The van der Waals surface area contributed by atoms with Gasteiger partial charge >= 0.3 is 0 Å². The van der Waals surface area contributed by atoms with Gasteiger partial charge in [-0.05, 0) is 49.4 Å². The van der Waals surface area contributed by atoms with Crippen LogP contribution in [0.15, 0.2) is 0 Å². The molecule has 5 fully saturated rings. The number of ether oxygens (including phenoxy) is 2. The largest absolute Gasteiger partial charge is 0.393 e. The third-order valence-electron chi connectivity index (χ3n) is 9.32. The van der Waals surface area contributed by atoms with Gasteiger partial charge in [0.15, 0.2) is 5.79 Å². The maximum absolute atomic E-state index is 12.6. The molecule has 6 heteroatoms. The Hall–Kier alpha value is -0.530. The normalized spacial score (nSPS) is 56.6. The van der Waals surface area contributed by atoms with Crippen molar-refractivity contribution < 1.29 is 29.6 Å². The number of aliphatic hydroxyl groups excluding tert-OH is 3. The Labute approximate surface area is 160 Å². The van der Waals surface area contributed by atoms with Crippen molar-refractivity contribution in [1.82, 2.24) is 0 Å². The minimum absolute atomic E-state index is 0.0435. The number of carbonyl (C=O) groups is 1. The number of ketones is 1. The van der Waals surface area contributed by atoms with Crippen LogP contribution in [0, 0.1) is 34.5 Å². The average Bonchev–Trinajstić information content (AvgIpc) is 3.15. The van der Waals surface area contributed by atoms with Crippen LogP contribution in [-0.4, -0.2) is 58.4 Å². The standard InChI is InChI=1S/C21H32O6/c1-19-3-4-21(26-5-6-27-21)10-11(19)7-13(22)17-12(19)8-15(24)20(2)16(25)9-14(23)18(17)20/h11-15,17-18,22-24H,3-10H2,1-2H3/t11-,12?,13?,14-,15?,17?,18?,19?,20?/m0/s1. The van der Waals surface area contributed by atoms with Crippen LogP contribution in [0.4, 0.5) is 0 Å². The van der Waals surface area contributed by atoms with E-state index in [4.69, 9.17) is 9.47 Å². The van der Waals surface area contributed by atoms with Gasteiger partial charge < -0.3 is 24.8 Å². The van der Waals surface area contributed by atoms with Gasteiger partial charge in [-0.3, -0.25) is 4.79 Å². The maximum Gasteiger partial charge on any atom is 0.168 e. The number of rotatable bonds is 0. The summed E-state index contributed by atoms with van der Waals surface area (Å²) in [6.45, 7) is 5.34. The monoisotopic (exact) mass is 380 g/mol. The lowest BCUT2D eigenvalue weighted by atomic mass is 9.43. The van der Waals surface area contributed by atoms with Crippen LogP contribution in [-0.2, 0) is 14.3 Å². The molecule has 0 aromatic heterocycles. The molecule has 0 radical (unpaired) electrons. The van der Waals surface area contributed by atoms with E-state index in [-0.39, 0.29) is 41.3 Å². The van der Waals surface area contributed by atoms with Crippen LogP contribution in [0.25, 0.3) is 0 Å². The Bertz CT molecular complexity index is 645. The number of fused-ring (bicyclic) bond motifs is 5. The summed E-state index contributed by atoms with van der Waals surface area (Å²) in [5, 5.41) is 32.9. The van der Waals surface area contributed by atoms with Crippen molar-refractivity contribution in [2.75, 3.05) is 13.2 Å². The van der Waals surface area contributed by atoms with Gasteiger partial charge in [0.1, 0.15) is 5.78 Å². The average molecular weight is 380 g/mol. The summed E-state index contributed by atoms with van der Waals surface area (Å²) in [5.74, 6) is -0.700. The Balaban J connectivity index is 1.51. The van der Waals surface area contributed by atoms with Gasteiger partial charge in [-0.1, -0.05) is 6.92 Å². The molecule has 0 amide bonds. The summed E-state index contributed by atoms with van der Waals surface area (Å²) in [5.41, 5.74) is -0.976. The topological polar surface area (TPSA) is 96.2 Å². The van der Waals surface area contributed by atoms with E-state index in [1.165, 1.54) is 0 Å². The highest BCUT2D eigenvalue weighted by atomic mass is 16.7. The molecule has 4 saturated carbocycles. The lowest BCUT2D eigenvalue weighted by Gasteiger charge is -2.63. The molecule has 1 heterocycles. The van der Waals surface area contributed by atoms with Crippen molar-refractivity contribution in [1.29, 1.82) is 0 Å². The fourth-order valence-corrected chi connectivity index (χ4v) is 7.72. The van der Waals surface area contributed by atoms with E-state index in [0.29, 0.717) is 26.1 Å². The second-order valence-corrected chi connectivity index (χ2v) is 10.3. The fraction of sp³-hybridized carbons (Fsp3) is 0.952. The highest BCUT2D eigenvalue weighted by Crippen LogP contribution is 2.66. The lowest BCUT2D eigenvalue weighted by Crippen LogP contribution is -2.64. The zero-order chi connectivity index (χ0) is 19.2. The van der Waals surface area contributed by atoms with E-state index in [1.54, 1.807) is 6.92 Å². The molecule has 0 bridgehead atoms. The summed E-state index contributed by atoms with van der Waals surface area (Å²) < 4.78 is 11.9. The maximum atomic E-state index is 12.6. The first-order valence-electron chi connectivity index (χ1n) is 10.6. The molecule has 5 aliphatic rings. The number of Topliss-reactive ketones (excluding diaryl/α,β-unsaturated/α-hetero) is 1. The summed E-state index contributed by atoms with van der Waals surface area (Å²) in [6, 6.07) is 0. The highest BCUT2D eigenvalue weighted by Gasteiger charge is 2.68. The quantitative estimate of drug-likeness (QED) is 0.585. The Morgan fingerprint density at radius 3 is 2.41 bits per heavy atom. The number of aliphatic hydroxyl groups is 3. The molecule has 1 saturated heterocycles. The van der Waals surface area contributed by atoms with Gasteiger partial charge in [0, 0.05) is 25.2 Å². The number of hydrogen-bond donors (Lipinski definition) is 3. The first kappa shape index (κ1) is 18.5. The molecule has 3 N–H and O–H groups in total. The molecular weight excluding hydrogens is 348 g/mol. The predicted molar refractivity (Wildman–Crippen MR) is 95.5 cm³/mol. The molecule has 0 aromatic rings. The van der Waals surface area contributed by atoms with E-state index in [0.717, 1.165) is 19.3 Å². The minimum Gasteiger partial charge on any atom is -0.393 e. The van der Waals surface area contributed by atoms with Crippen LogP contribution >= 0.6 is 0 Å². The van der Waals surface area contributed by atoms with E-state index >= 15 is 0 Å². The number of carbonyl (C=O) groups excluding carboxylic acids is 1. The summed E-state index contributed by atoms with van der Waals surface area (Å²) in [6.07, 6.45) is 1.71. The van der Waals surface area contributed by atoms with Gasteiger partial charge in [-0.25, -0.2) is 0 Å². The van der Waals surface area contributed by atoms with Crippen molar-refractivity contribution in [3.8, 4) is 0 Å². The Morgan fingerprint density at radius 1 is 1.00 bits per heavy atom. The van der Waals surface area contributed by atoms with Crippen molar-refractivity contribution in [3.63, 3.8) is 0 Å². The van der Waals surface area contributed by atoms with E-state index in [1.807, 2.05) is 0 Å². The highest BCUT2D eigenvalue weighted by molar-refractivity contribution is 5.88. The lowest BCUT2D eigenvalue weighted by molar-refractivity contribution is -0.252. The summed E-state index contributed by atoms with van der Waals surface area (Å²) in [7, 11) is 0. The van der Waals surface area contributed by atoms with E-state index < -0.39 is 29.5 Å². The third kappa shape index (κ3) is 2.28. The Morgan fingerprint density at radius 2 is 1.70 bits per heavy atom. The molecule has 9 atom stereocenters. The van der Waals surface area contributed by atoms with Gasteiger partial charge in [0.25, 0.3) is 0 Å². The SMILES string of the molecule is CC12C(=O)C[C@H](O)C1C1C(O)C[C@H]3CC4(CCC3(C)C1CC2O)OCCO4. The molecule has 6 nitrogen and oxygen atoms in total. The van der Waals surface area contributed by atoms with Crippen LogP contribution in [0.2, 0.25) is 0 Å². The van der Waals surface area contributed by atoms with Crippen LogP contribution in [0.1, 0.15) is 52.4 Å². The van der Waals surface area contributed by atoms with Crippen LogP contribution < -0.4 is 0 Å². The second-order valence-electron chi connectivity index (χ2n) is 10.3. The molecule has 27 heavy (non-hydrogen) atoms. The first-order valence-corrected chi connectivity index (χ1v) is 10.6. The van der Waals surface area contributed by atoms with Crippen molar-refractivity contribution >= 4 is 5.78 Å². The van der Waals surface area contributed by atoms with Gasteiger partial charge in [0.2, 0.25) is 0 Å². The molecule has 1 spiro atoms. The first-order chi connectivity index (χ1) is 12.7. The van der Waals surface area contributed by atoms with Crippen molar-refractivity contribution in [3.05, 3.63) is 0 Å². The zero-order valence-corrected chi connectivity index (χ0v) is 16.3. The molecule has 1 aliphatic heterocycles. The van der Waals surface area contributed by atoms with Crippen LogP contribution in [0.3, 0.4) is 0 Å². The molecule has 4 aliphatic carbocycles. The smallest absolute Gasteiger partial charge is 0.168 e. The third-order valence-corrected chi connectivity index (χ3v) is 9.32. The number of hydrogen-bond acceptors (Lipinski definition) is 6.